The molecule has 0 spiro atoms. The normalized spacial score (nSPS) is 14.3. The quantitative estimate of drug-likeness (QED) is 0.676. The summed E-state index contributed by atoms with van der Waals surface area (Å²) in [6.07, 6.45) is 0.485. The predicted molar refractivity (Wildman–Crippen MR) is 53.6 cm³/mol. The third-order valence-corrected chi connectivity index (χ3v) is 2.24. The van der Waals surface area contributed by atoms with Crippen molar-refractivity contribution in [1.29, 1.82) is 0 Å². The summed E-state index contributed by atoms with van der Waals surface area (Å²) in [6.45, 7) is 1.81. The van der Waals surface area contributed by atoms with Crippen LogP contribution in [0.25, 0.3) is 0 Å². The number of nitrogens with one attached hydrogen (secondary N) is 1. The molecule has 0 fully saturated rings. The zero-order valence-electron chi connectivity index (χ0n) is 7.36. The van der Waals surface area contributed by atoms with Gasteiger partial charge in [-0.1, -0.05) is 0 Å². The standard InChI is InChI=1S/C9H11BN2O/c13-10-7-12-6-5-11-8-3-1-2-4-9(8)12/h1-4,11H,5-7H2. The predicted octanol–water partition coefficient (Wildman–Crippen LogP) is 0.926. The Kier molecular flexibility index (Phi) is 2.30. The van der Waals surface area contributed by atoms with E-state index in [4.69, 9.17) is 0 Å². The molecule has 4 heteroatoms. The van der Waals surface area contributed by atoms with Gasteiger partial charge in [0.25, 0.3) is 0 Å². The van der Waals surface area contributed by atoms with Crippen LogP contribution in [0.2, 0.25) is 0 Å². The molecule has 1 aromatic rings. The molecule has 0 radical (unpaired) electrons. The summed E-state index contributed by atoms with van der Waals surface area (Å²) in [5.74, 6) is 0. The summed E-state index contributed by atoms with van der Waals surface area (Å²) in [4.78, 5) is 2.08. The van der Waals surface area contributed by atoms with E-state index >= 15 is 0 Å². The second-order valence-electron chi connectivity index (χ2n) is 3.06. The van der Waals surface area contributed by atoms with Crippen LogP contribution in [0, 0.1) is 0 Å². The van der Waals surface area contributed by atoms with E-state index in [2.05, 4.69) is 10.2 Å². The van der Waals surface area contributed by atoms with Crippen molar-refractivity contribution in [3.8, 4) is 0 Å². The van der Waals surface area contributed by atoms with E-state index in [1.54, 1.807) is 0 Å². The van der Waals surface area contributed by atoms with Crippen LogP contribution in [-0.4, -0.2) is 26.7 Å². The molecule has 66 valence electrons. The number of rotatable bonds is 2. The molecule has 1 heterocycles. The van der Waals surface area contributed by atoms with Crippen LogP contribution in [0.15, 0.2) is 24.3 Å². The van der Waals surface area contributed by atoms with Gasteiger partial charge in [0.15, 0.2) is 0 Å². The molecular formula is C9H11BN2O. The van der Waals surface area contributed by atoms with Crippen LogP contribution in [-0.2, 0) is 4.70 Å². The summed E-state index contributed by atoms with van der Waals surface area (Å²) >= 11 is 0. The van der Waals surface area contributed by atoms with E-state index in [9.17, 15) is 4.70 Å². The van der Waals surface area contributed by atoms with E-state index in [0.29, 0.717) is 6.44 Å². The van der Waals surface area contributed by atoms with Gasteiger partial charge in [-0.3, -0.25) is 0 Å². The van der Waals surface area contributed by atoms with Crippen molar-refractivity contribution in [3.05, 3.63) is 24.3 Å². The minimum absolute atomic E-state index is 0.485. The average Bonchev–Trinajstić information content (AvgIpc) is 2.19. The maximum atomic E-state index is 10.4. The third-order valence-electron chi connectivity index (χ3n) is 2.24. The van der Waals surface area contributed by atoms with Crippen molar-refractivity contribution in [3.63, 3.8) is 0 Å². The zero-order valence-corrected chi connectivity index (χ0v) is 7.36. The van der Waals surface area contributed by atoms with Crippen molar-refractivity contribution in [2.24, 2.45) is 0 Å². The summed E-state index contributed by atoms with van der Waals surface area (Å²) in [6, 6.07) is 8.05. The molecule has 0 bridgehead atoms. The molecule has 0 unspecified atom stereocenters. The van der Waals surface area contributed by atoms with Crippen molar-refractivity contribution in [2.75, 3.05) is 29.8 Å². The van der Waals surface area contributed by atoms with Gasteiger partial charge < -0.3 is 0 Å². The minimum atomic E-state index is 0.485. The van der Waals surface area contributed by atoms with Crippen molar-refractivity contribution in [1.82, 2.24) is 0 Å². The van der Waals surface area contributed by atoms with Gasteiger partial charge in [0.1, 0.15) is 0 Å². The summed E-state index contributed by atoms with van der Waals surface area (Å²) in [5, 5.41) is 3.29. The fourth-order valence-electron chi connectivity index (χ4n) is 1.62. The first-order valence-corrected chi connectivity index (χ1v) is 4.43. The van der Waals surface area contributed by atoms with Crippen molar-refractivity contribution >= 4 is 18.5 Å². The molecule has 2 rings (SSSR count). The SMILES string of the molecule is O=BCN1CCNc2ccccc21. The number of fused-ring (bicyclic) bond motifs is 1. The van der Waals surface area contributed by atoms with Crippen LogP contribution in [0.3, 0.4) is 0 Å². The molecule has 3 nitrogen and oxygen atoms in total. The Balaban J connectivity index is 2.31. The van der Waals surface area contributed by atoms with Crippen LogP contribution < -0.4 is 10.2 Å². The van der Waals surface area contributed by atoms with Crippen molar-refractivity contribution in [2.45, 2.75) is 0 Å². The van der Waals surface area contributed by atoms with E-state index in [-0.39, 0.29) is 0 Å². The Morgan fingerprint density at radius 1 is 1.46 bits per heavy atom. The van der Waals surface area contributed by atoms with Gasteiger partial charge in [-0.15, -0.1) is 0 Å². The van der Waals surface area contributed by atoms with Gasteiger partial charge in [0, 0.05) is 0 Å². The van der Waals surface area contributed by atoms with Gasteiger partial charge in [0.2, 0.25) is 0 Å². The first-order chi connectivity index (χ1) is 6.42. The van der Waals surface area contributed by atoms with Crippen LogP contribution in [0.5, 0.6) is 0 Å². The molecule has 1 aliphatic rings. The van der Waals surface area contributed by atoms with Gasteiger partial charge in [-0.2, -0.15) is 0 Å². The average molecular weight is 174 g/mol. The van der Waals surface area contributed by atoms with Gasteiger partial charge in [-0.25, -0.2) is 0 Å². The van der Waals surface area contributed by atoms with Crippen LogP contribution >= 0.6 is 0 Å². The van der Waals surface area contributed by atoms with Gasteiger partial charge in [0.05, 0.1) is 0 Å². The molecule has 0 atom stereocenters. The molecule has 1 N–H and O–H groups in total. The molecular weight excluding hydrogens is 163 g/mol. The first-order valence-electron chi connectivity index (χ1n) is 4.43. The zero-order chi connectivity index (χ0) is 9.10. The molecule has 0 amide bonds. The molecule has 1 aromatic carbocycles. The van der Waals surface area contributed by atoms with Crippen LogP contribution in [0.4, 0.5) is 11.4 Å². The Labute approximate surface area is 78.0 Å². The molecule has 0 saturated carbocycles. The molecule has 0 aliphatic carbocycles. The number of anilines is 2. The van der Waals surface area contributed by atoms with E-state index in [1.807, 2.05) is 24.3 Å². The molecule has 0 aromatic heterocycles. The van der Waals surface area contributed by atoms with Gasteiger partial charge >= 0.3 is 77.2 Å². The van der Waals surface area contributed by atoms with Gasteiger partial charge in [-0.05, 0) is 0 Å². The van der Waals surface area contributed by atoms with E-state index < -0.39 is 0 Å². The first kappa shape index (κ1) is 8.29. The molecule has 1 aliphatic heterocycles. The van der Waals surface area contributed by atoms with E-state index in [0.717, 1.165) is 31.6 Å². The van der Waals surface area contributed by atoms with Crippen molar-refractivity contribution < 1.29 is 4.70 Å². The topological polar surface area (TPSA) is 32.3 Å². The number of nitrogens with zero attached hydrogens (tertiary/aromatic N) is 1. The second kappa shape index (κ2) is 3.60. The Bertz CT molecular complexity index is 316. The fraction of sp³-hybridized carbons (Fsp3) is 0.333. The Morgan fingerprint density at radius 3 is 3.15 bits per heavy atom. The summed E-state index contributed by atoms with van der Waals surface area (Å²) in [5.41, 5.74) is 2.25. The number of hydrogen-bond acceptors (Lipinski definition) is 3. The monoisotopic (exact) mass is 174 g/mol. The second-order valence-corrected chi connectivity index (χ2v) is 3.06. The maximum absolute atomic E-state index is 10.4. The summed E-state index contributed by atoms with van der Waals surface area (Å²) < 4.78 is 10.4. The number of benzene rings is 1. The Hall–Kier alpha value is -1.32. The molecule has 0 saturated heterocycles. The Morgan fingerprint density at radius 2 is 2.31 bits per heavy atom. The van der Waals surface area contributed by atoms with E-state index in [1.165, 1.54) is 0 Å². The van der Waals surface area contributed by atoms with Crippen LogP contribution in [0.1, 0.15) is 0 Å². The number of hydrogen-bond donors (Lipinski definition) is 1. The molecule has 13 heavy (non-hydrogen) atoms. The summed E-state index contributed by atoms with van der Waals surface area (Å²) in [7, 11) is 0.947. The third kappa shape index (κ3) is 1.57. The fourth-order valence-corrected chi connectivity index (χ4v) is 1.62. The number of para-hydroxylation sites is 2.